The maximum Gasteiger partial charge on any atom is 0.352 e. The van der Waals surface area contributed by atoms with Crippen LogP contribution in [0.15, 0.2) is 67.9 Å². The fraction of sp³-hybridized carbons (Fsp3) is 0.458. The first-order valence-electron chi connectivity index (χ1n) is 11.9. The number of furan rings is 1. The van der Waals surface area contributed by atoms with Crippen LogP contribution in [0, 0.1) is 5.92 Å². The Kier molecular flexibility index (Phi) is 5.88. The fourth-order valence-corrected chi connectivity index (χ4v) is 5.18. The Morgan fingerprint density at radius 1 is 1.11 bits per heavy atom. The first-order valence-corrected chi connectivity index (χ1v) is 11.9. The van der Waals surface area contributed by atoms with E-state index in [1.165, 1.54) is 9.36 Å². The van der Waals surface area contributed by atoms with Gasteiger partial charge in [-0.25, -0.2) is 23.5 Å². The van der Waals surface area contributed by atoms with Crippen LogP contribution in [0.25, 0.3) is 5.69 Å². The molecule has 36 heavy (non-hydrogen) atoms. The highest BCUT2D eigenvalue weighted by molar-refractivity contribution is 5.94. The van der Waals surface area contributed by atoms with Gasteiger partial charge in [0.1, 0.15) is 43.4 Å². The van der Waals surface area contributed by atoms with Crippen molar-refractivity contribution in [1.82, 2.24) is 13.9 Å². The van der Waals surface area contributed by atoms with Gasteiger partial charge < -0.3 is 28.9 Å². The molecule has 0 spiro atoms. The quantitative estimate of drug-likeness (QED) is 0.327. The predicted octanol–water partition coefficient (Wildman–Crippen LogP) is 0.0469. The smallest absolute Gasteiger partial charge is 0.352 e. The number of para-hydroxylation sites is 1. The normalized spacial score (nSPS) is 28.3. The van der Waals surface area contributed by atoms with Crippen LogP contribution in [-0.2, 0) is 27.5 Å². The van der Waals surface area contributed by atoms with Crippen LogP contribution in [0.2, 0.25) is 0 Å². The number of fused-ring (bicyclic) bond motifs is 4. The van der Waals surface area contributed by atoms with Gasteiger partial charge in [-0.2, -0.15) is 0 Å². The largest absolute Gasteiger partial charge is 0.467 e. The van der Waals surface area contributed by atoms with Gasteiger partial charge in [0, 0.05) is 12.5 Å². The number of ether oxygens (including phenoxy) is 2. The average molecular weight is 498 g/mol. The molecular formula is C24H26N4O8. The van der Waals surface area contributed by atoms with Gasteiger partial charge in [-0.05, 0) is 30.7 Å². The van der Waals surface area contributed by atoms with Crippen molar-refractivity contribution in [2.24, 2.45) is 11.1 Å². The molecule has 0 radical (unpaired) electrons. The number of oxime groups is 1. The molecule has 2 aromatic heterocycles. The molecular weight excluding hydrogens is 472 g/mol. The van der Waals surface area contributed by atoms with Gasteiger partial charge in [-0.3, -0.25) is 0 Å². The lowest BCUT2D eigenvalue weighted by Gasteiger charge is -2.38. The molecule has 2 aliphatic heterocycles. The summed E-state index contributed by atoms with van der Waals surface area (Å²) in [5, 5.41) is 25.4. The molecule has 0 amide bonds. The lowest BCUT2D eigenvalue weighted by atomic mass is 9.78. The summed E-state index contributed by atoms with van der Waals surface area (Å²) in [6.45, 7) is 0.444. The second-order valence-electron chi connectivity index (χ2n) is 9.16. The first kappa shape index (κ1) is 23.0. The molecule has 1 saturated heterocycles. The molecule has 2 N–H and O–H groups in total. The third kappa shape index (κ3) is 3.91. The van der Waals surface area contributed by atoms with Gasteiger partial charge in [0.25, 0.3) is 0 Å². The van der Waals surface area contributed by atoms with Crippen LogP contribution in [0.4, 0.5) is 0 Å². The number of nitrogens with zero attached hydrogens (tertiary/aromatic N) is 4. The van der Waals surface area contributed by atoms with E-state index in [1.54, 1.807) is 48.7 Å². The van der Waals surface area contributed by atoms with Crippen LogP contribution < -0.4 is 11.4 Å². The van der Waals surface area contributed by atoms with Gasteiger partial charge in [0.05, 0.1) is 30.3 Å². The minimum atomic E-state index is -0.977. The second-order valence-corrected chi connectivity index (χ2v) is 9.16. The van der Waals surface area contributed by atoms with E-state index < -0.39 is 41.8 Å². The van der Waals surface area contributed by atoms with Crippen molar-refractivity contribution in [2.75, 3.05) is 13.2 Å². The Hall–Kier alpha value is -3.45. The Labute approximate surface area is 204 Å². The number of epoxide rings is 1. The van der Waals surface area contributed by atoms with E-state index in [-0.39, 0.29) is 32.3 Å². The zero-order valence-corrected chi connectivity index (χ0v) is 19.3. The minimum absolute atomic E-state index is 0.0353. The van der Waals surface area contributed by atoms with Crippen molar-refractivity contribution in [3.05, 3.63) is 75.5 Å². The summed E-state index contributed by atoms with van der Waals surface area (Å²) in [4.78, 5) is 31.9. The lowest BCUT2D eigenvalue weighted by molar-refractivity contribution is -0.0264. The maximum atomic E-state index is 13.4. The Bertz CT molecular complexity index is 1360. The average Bonchev–Trinajstić information content (AvgIpc) is 3.44. The highest BCUT2D eigenvalue weighted by atomic mass is 16.6. The highest BCUT2D eigenvalue weighted by Crippen LogP contribution is 2.46. The number of hydrogen-bond acceptors (Lipinski definition) is 9. The molecule has 1 aliphatic carbocycles. The van der Waals surface area contributed by atoms with E-state index in [1.807, 2.05) is 0 Å². The summed E-state index contributed by atoms with van der Waals surface area (Å²) in [5.74, 6) is 0.291. The standard InChI is InChI=1S/C24H26N4O8/c29-15(11-33-13-16-7-4-10-34-16)12-35-25-18-17-8-9-26-23(31)27(14-5-2-1-3-6-14)24(32)28(26)19(17)20(30)22-21(18)36-22/h1-7,10,15,17,19-22,29-30H,8-9,11-13H2/b25-18-/t15-,17+,19+,20-,21+,22-/m0/s1. The Balaban J connectivity index is 1.20. The number of rotatable bonds is 8. The SMILES string of the molecule is O=c1n(-c2ccccc2)c(=O)n2n1CC[C@@H]1/C(=N/OC[C@@H](O)COCc3ccco3)[C@H]3O[C@H]3[C@@H](O)[C@@H]12. The third-order valence-electron chi connectivity index (χ3n) is 6.88. The van der Waals surface area contributed by atoms with Crippen molar-refractivity contribution in [3.63, 3.8) is 0 Å². The molecule has 3 aromatic rings. The summed E-state index contributed by atoms with van der Waals surface area (Å²) < 4.78 is 20.1. The second kappa shape index (κ2) is 9.21. The summed E-state index contributed by atoms with van der Waals surface area (Å²) in [6.07, 6.45) is -0.823. The molecule has 3 aliphatic rings. The third-order valence-corrected chi connectivity index (χ3v) is 6.88. The zero-order valence-electron chi connectivity index (χ0n) is 19.3. The monoisotopic (exact) mass is 498 g/mol. The molecule has 4 heterocycles. The molecule has 6 rings (SSSR count). The van der Waals surface area contributed by atoms with E-state index in [0.29, 0.717) is 23.6 Å². The zero-order chi connectivity index (χ0) is 24.8. The maximum absolute atomic E-state index is 13.4. The Morgan fingerprint density at radius 3 is 2.72 bits per heavy atom. The number of aliphatic hydroxyl groups is 2. The fourth-order valence-electron chi connectivity index (χ4n) is 5.18. The van der Waals surface area contributed by atoms with Crippen molar-refractivity contribution < 1.29 is 28.9 Å². The summed E-state index contributed by atoms with van der Waals surface area (Å²) in [5.41, 5.74) is 0.0494. The van der Waals surface area contributed by atoms with Crippen LogP contribution in [-0.4, -0.2) is 67.5 Å². The first-order chi connectivity index (χ1) is 17.5. The van der Waals surface area contributed by atoms with E-state index in [4.69, 9.17) is 18.7 Å². The molecule has 0 unspecified atom stereocenters. The van der Waals surface area contributed by atoms with Crippen molar-refractivity contribution >= 4 is 5.71 Å². The molecule has 2 fully saturated rings. The lowest BCUT2D eigenvalue weighted by Crippen LogP contribution is -2.53. The summed E-state index contributed by atoms with van der Waals surface area (Å²) >= 11 is 0. The summed E-state index contributed by atoms with van der Waals surface area (Å²) in [7, 11) is 0. The van der Waals surface area contributed by atoms with E-state index in [2.05, 4.69) is 5.16 Å². The molecule has 0 bridgehead atoms. The number of aliphatic hydroxyl groups excluding tert-OH is 2. The van der Waals surface area contributed by atoms with Gasteiger partial charge >= 0.3 is 11.4 Å². The number of benzene rings is 1. The van der Waals surface area contributed by atoms with Crippen LogP contribution in [0.5, 0.6) is 0 Å². The number of aromatic nitrogens is 3. The van der Waals surface area contributed by atoms with Crippen LogP contribution in [0.1, 0.15) is 18.2 Å². The molecule has 6 atom stereocenters. The van der Waals surface area contributed by atoms with Crippen LogP contribution in [0.3, 0.4) is 0 Å². The van der Waals surface area contributed by atoms with Gasteiger partial charge in [0.15, 0.2) is 0 Å². The van der Waals surface area contributed by atoms with Crippen molar-refractivity contribution in [1.29, 1.82) is 0 Å². The highest BCUT2D eigenvalue weighted by Gasteiger charge is 2.61. The molecule has 12 nitrogen and oxygen atoms in total. The van der Waals surface area contributed by atoms with Gasteiger partial charge in [-0.1, -0.05) is 23.4 Å². The van der Waals surface area contributed by atoms with Gasteiger partial charge in [-0.15, -0.1) is 0 Å². The van der Waals surface area contributed by atoms with E-state index in [0.717, 1.165) is 4.57 Å². The van der Waals surface area contributed by atoms with E-state index >= 15 is 0 Å². The van der Waals surface area contributed by atoms with Gasteiger partial charge in [0.2, 0.25) is 0 Å². The molecule has 12 heteroatoms. The Morgan fingerprint density at radius 2 is 1.94 bits per heavy atom. The molecule has 1 saturated carbocycles. The topological polar surface area (TPSA) is 146 Å². The minimum Gasteiger partial charge on any atom is -0.467 e. The molecule has 190 valence electrons. The number of hydrogen-bond donors (Lipinski definition) is 2. The van der Waals surface area contributed by atoms with Crippen molar-refractivity contribution in [3.8, 4) is 5.69 Å². The molecule has 1 aromatic carbocycles. The van der Waals surface area contributed by atoms with Crippen molar-refractivity contribution in [2.45, 2.75) is 50.0 Å². The van der Waals surface area contributed by atoms with Crippen LogP contribution >= 0.6 is 0 Å². The van der Waals surface area contributed by atoms with E-state index in [9.17, 15) is 19.8 Å². The summed E-state index contributed by atoms with van der Waals surface area (Å²) in [6, 6.07) is 11.5. The predicted molar refractivity (Wildman–Crippen MR) is 124 cm³/mol.